The largest absolute Gasteiger partial charge is 0.484 e. The van der Waals surface area contributed by atoms with Gasteiger partial charge in [0.2, 0.25) is 0 Å². The van der Waals surface area contributed by atoms with E-state index in [2.05, 4.69) is 15.5 Å². The number of carbonyl (C=O) groups is 1. The molecule has 1 amide bonds. The number of amides is 1. The highest BCUT2D eigenvalue weighted by molar-refractivity contribution is 6.30. The van der Waals surface area contributed by atoms with Gasteiger partial charge in [-0.3, -0.25) is 9.89 Å². The fraction of sp³-hybridized carbons (Fsp3) is 0.231. The van der Waals surface area contributed by atoms with E-state index in [4.69, 9.17) is 16.3 Å². The van der Waals surface area contributed by atoms with E-state index in [1.165, 1.54) is 0 Å². The summed E-state index contributed by atoms with van der Waals surface area (Å²) in [6.07, 6.45) is 1.63. The third kappa shape index (κ3) is 3.99. The number of H-pyrrole nitrogens is 1. The minimum absolute atomic E-state index is 0.0311. The number of aromatic amines is 1. The van der Waals surface area contributed by atoms with Crippen LogP contribution in [0.25, 0.3) is 0 Å². The summed E-state index contributed by atoms with van der Waals surface area (Å²) in [6.45, 7) is 2.25. The lowest BCUT2D eigenvalue weighted by Crippen LogP contribution is -2.28. The summed E-state index contributed by atoms with van der Waals surface area (Å²) in [5.74, 6) is 0.463. The van der Waals surface area contributed by atoms with Crippen LogP contribution in [0.1, 0.15) is 11.3 Å². The summed E-state index contributed by atoms with van der Waals surface area (Å²) in [6, 6.07) is 7.07. The van der Waals surface area contributed by atoms with Gasteiger partial charge in [0.15, 0.2) is 6.61 Å². The highest BCUT2D eigenvalue weighted by Gasteiger charge is 2.05. The van der Waals surface area contributed by atoms with Crippen LogP contribution >= 0.6 is 11.6 Å². The molecule has 0 unspecified atom stereocenters. The summed E-state index contributed by atoms with van der Waals surface area (Å²) < 4.78 is 5.43. The molecule has 0 spiro atoms. The quantitative estimate of drug-likeness (QED) is 0.880. The van der Waals surface area contributed by atoms with Crippen molar-refractivity contribution >= 4 is 17.5 Å². The average Bonchev–Trinajstić information content (AvgIpc) is 2.88. The van der Waals surface area contributed by atoms with Crippen LogP contribution in [0.15, 0.2) is 30.5 Å². The Morgan fingerprint density at radius 1 is 1.47 bits per heavy atom. The van der Waals surface area contributed by atoms with Crippen molar-refractivity contribution in [2.75, 3.05) is 6.61 Å². The summed E-state index contributed by atoms with van der Waals surface area (Å²) in [4.78, 5) is 11.6. The minimum atomic E-state index is -0.191. The van der Waals surface area contributed by atoms with Gasteiger partial charge in [-0.15, -0.1) is 0 Å². The lowest BCUT2D eigenvalue weighted by atomic mass is 10.2. The van der Waals surface area contributed by atoms with Gasteiger partial charge in [0.25, 0.3) is 5.91 Å². The molecule has 0 bridgehead atoms. The smallest absolute Gasteiger partial charge is 0.258 e. The minimum Gasteiger partial charge on any atom is -0.484 e. The second-order valence-corrected chi connectivity index (χ2v) is 4.49. The summed E-state index contributed by atoms with van der Waals surface area (Å²) in [7, 11) is 0. The van der Waals surface area contributed by atoms with Gasteiger partial charge in [-0.2, -0.15) is 5.10 Å². The molecule has 100 valence electrons. The Bertz CT molecular complexity index is 555. The molecule has 0 radical (unpaired) electrons. The molecular formula is C13H14ClN3O2. The van der Waals surface area contributed by atoms with Gasteiger partial charge in [-0.25, -0.2) is 0 Å². The van der Waals surface area contributed by atoms with Crippen LogP contribution in [-0.2, 0) is 11.3 Å². The maximum Gasteiger partial charge on any atom is 0.258 e. The lowest BCUT2D eigenvalue weighted by molar-refractivity contribution is -0.123. The highest BCUT2D eigenvalue weighted by Crippen LogP contribution is 2.21. The van der Waals surface area contributed by atoms with E-state index in [1.807, 2.05) is 6.92 Å². The standard InChI is InChI=1S/C13H14ClN3O2/c1-9-6-10(14)2-3-12(9)19-8-13(18)15-7-11-4-5-16-17-11/h2-6H,7-8H2,1H3,(H,15,18)(H,16,17). The predicted octanol–water partition coefficient (Wildman–Crippen LogP) is 2.07. The van der Waals surface area contributed by atoms with E-state index in [1.54, 1.807) is 30.5 Å². The topological polar surface area (TPSA) is 67.0 Å². The fourth-order valence-corrected chi connectivity index (χ4v) is 1.77. The fourth-order valence-electron chi connectivity index (χ4n) is 1.55. The molecule has 0 atom stereocenters. The summed E-state index contributed by atoms with van der Waals surface area (Å²) in [5.41, 5.74) is 1.74. The van der Waals surface area contributed by atoms with Crippen molar-refractivity contribution in [1.82, 2.24) is 15.5 Å². The normalized spacial score (nSPS) is 10.2. The van der Waals surface area contributed by atoms with E-state index in [0.29, 0.717) is 17.3 Å². The van der Waals surface area contributed by atoms with Crippen LogP contribution in [0.3, 0.4) is 0 Å². The maximum absolute atomic E-state index is 11.6. The monoisotopic (exact) mass is 279 g/mol. The van der Waals surface area contributed by atoms with Crippen molar-refractivity contribution in [3.05, 3.63) is 46.7 Å². The maximum atomic E-state index is 11.6. The zero-order valence-electron chi connectivity index (χ0n) is 10.4. The first-order valence-corrected chi connectivity index (χ1v) is 6.17. The summed E-state index contributed by atoms with van der Waals surface area (Å²) >= 11 is 5.84. The number of hydrogen-bond acceptors (Lipinski definition) is 3. The molecule has 2 aromatic rings. The Hall–Kier alpha value is -2.01. The first-order valence-electron chi connectivity index (χ1n) is 5.79. The van der Waals surface area contributed by atoms with Crippen LogP contribution in [0.4, 0.5) is 0 Å². The van der Waals surface area contributed by atoms with Gasteiger partial charge >= 0.3 is 0 Å². The molecule has 0 fully saturated rings. The molecule has 0 aliphatic rings. The number of hydrogen-bond donors (Lipinski definition) is 2. The third-order valence-electron chi connectivity index (χ3n) is 2.53. The highest BCUT2D eigenvalue weighted by atomic mass is 35.5. The summed E-state index contributed by atoms with van der Waals surface area (Å²) in [5, 5.41) is 9.93. The first-order chi connectivity index (χ1) is 9.15. The van der Waals surface area contributed by atoms with Crippen molar-refractivity contribution in [1.29, 1.82) is 0 Å². The van der Waals surface area contributed by atoms with Gasteiger partial charge in [0, 0.05) is 11.2 Å². The van der Waals surface area contributed by atoms with E-state index >= 15 is 0 Å². The number of nitrogens with one attached hydrogen (secondary N) is 2. The van der Waals surface area contributed by atoms with Gasteiger partial charge in [-0.05, 0) is 36.8 Å². The average molecular weight is 280 g/mol. The van der Waals surface area contributed by atoms with E-state index < -0.39 is 0 Å². The second-order valence-electron chi connectivity index (χ2n) is 4.06. The molecule has 2 N–H and O–H groups in total. The second kappa shape index (κ2) is 6.24. The molecule has 0 saturated carbocycles. The van der Waals surface area contributed by atoms with Crippen molar-refractivity contribution in [2.24, 2.45) is 0 Å². The zero-order chi connectivity index (χ0) is 13.7. The lowest BCUT2D eigenvalue weighted by Gasteiger charge is -2.09. The SMILES string of the molecule is Cc1cc(Cl)ccc1OCC(=O)NCc1ccn[nH]1. The van der Waals surface area contributed by atoms with Crippen LogP contribution in [-0.4, -0.2) is 22.7 Å². The number of benzene rings is 1. The van der Waals surface area contributed by atoms with Crippen LogP contribution < -0.4 is 10.1 Å². The molecule has 19 heavy (non-hydrogen) atoms. The number of carbonyl (C=O) groups excluding carboxylic acids is 1. The third-order valence-corrected chi connectivity index (χ3v) is 2.77. The van der Waals surface area contributed by atoms with E-state index in [9.17, 15) is 4.79 Å². The number of aryl methyl sites for hydroxylation is 1. The molecular weight excluding hydrogens is 266 g/mol. The Morgan fingerprint density at radius 3 is 3.00 bits per heavy atom. The molecule has 0 saturated heterocycles. The molecule has 1 aromatic heterocycles. The van der Waals surface area contributed by atoms with Crippen molar-refractivity contribution in [3.63, 3.8) is 0 Å². The Balaban J connectivity index is 1.80. The molecule has 1 aromatic carbocycles. The van der Waals surface area contributed by atoms with Crippen molar-refractivity contribution < 1.29 is 9.53 Å². The zero-order valence-corrected chi connectivity index (χ0v) is 11.2. The number of rotatable bonds is 5. The molecule has 1 heterocycles. The van der Waals surface area contributed by atoms with E-state index in [-0.39, 0.29) is 12.5 Å². The Labute approximate surface area is 115 Å². The van der Waals surface area contributed by atoms with Crippen LogP contribution in [0, 0.1) is 6.92 Å². The number of ether oxygens (including phenoxy) is 1. The molecule has 5 nitrogen and oxygen atoms in total. The van der Waals surface area contributed by atoms with Gasteiger partial charge in [-0.1, -0.05) is 11.6 Å². The predicted molar refractivity (Wildman–Crippen MR) is 72.1 cm³/mol. The number of halogens is 1. The van der Waals surface area contributed by atoms with Crippen LogP contribution in [0.5, 0.6) is 5.75 Å². The molecule has 0 aliphatic heterocycles. The Kier molecular flexibility index (Phi) is 4.41. The Morgan fingerprint density at radius 2 is 2.32 bits per heavy atom. The van der Waals surface area contributed by atoms with Crippen molar-refractivity contribution in [3.8, 4) is 5.75 Å². The number of aromatic nitrogens is 2. The van der Waals surface area contributed by atoms with E-state index in [0.717, 1.165) is 11.3 Å². The number of nitrogens with zero attached hydrogens (tertiary/aromatic N) is 1. The van der Waals surface area contributed by atoms with Gasteiger partial charge in [0.1, 0.15) is 5.75 Å². The van der Waals surface area contributed by atoms with Gasteiger partial charge in [0.05, 0.1) is 12.2 Å². The van der Waals surface area contributed by atoms with Crippen LogP contribution in [0.2, 0.25) is 5.02 Å². The molecule has 2 rings (SSSR count). The first kappa shape index (κ1) is 13.4. The van der Waals surface area contributed by atoms with Crippen molar-refractivity contribution in [2.45, 2.75) is 13.5 Å². The molecule has 0 aliphatic carbocycles. The molecule has 6 heteroatoms. The van der Waals surface area contributed by atoms with Gasteiger partial charge < -0.3 is 10.1 Å².